The van der Waals surface area contributed by atoms with E-state index in [-0.39, 0.29) is 24.3 Å². The third kappa shape index (κ3) is 4.08. The quantitative estimate of drug-likeness (QED) is 0.454. The molecule has 0 aromatic heterocycles. The van der Waals surface area contributed by atoms with Crippen molar-refractivity contribution in [1.29, 1.82) is 0 Å². The predicted molar refractivity (Wildman–Crippen MR) is 81.4 cm³/mol. The molecule has 8 nitrogen and oxygen atoms in total. The maximum absolute atomic E-state index is 11.3. The highest BCUT2D eigenvalue weighted by atomic mass is 16.6. The number of nitro benzene ring substituents is 1. The molecule has 1 aromatic carbocycles. The van der Waals surface area contributed by atoms with E-state index >= 15 is 0 Å². The normalized spacial score (nSPS) is 13.3. The Kier molecular flexibility index (Phi) is 5.16. The molecule has 1 heterocycles. The van der Waals surface area contributed by atoms with Crippen LogP contribution in [0.3, 0.4) is 0 Å². The van der Waals surface area contributed by atoms with E-state index in [1.54, 1.807) is 0 Å². The molecule has 0 radical (unpaired) electrons. The first-order valence-corrected chi connectivity index (χ1v) is 7.08. The minimum absolute atomic E-state index is 0.0836. The zero-order valence-corrected chi connectivity index (χ0v) is 12.5. The zero-order chi connectivity index (χ0) is 16.1. The second kappa shape index (κ2) is 7.08. The van der Waals surface area contributed by atoms with E-state index in [1.807, 2.05) is 13.8 Å². The fourth-order valence-corrected chi connectivity index (χ4v) is 2.02. The summed E-state index contributed by atoms with van der Waals surface area (Å²) in [5.41, 5.74) is 0.696. The number of nitrogens with zero attached hydrogens (tertiary/aromatic N) is 1. The topological polar surface area (TPSA) is 103 Å². The summed E-state index contributed by atoms with van der Waals surface area (Å²) in [5.74, 6) is 0.0256. The van der Waals surface area contributed by atoms with Crippen LogP contribution < -0.4 is 15.4 Å². The molecule has 2 rings (SSSR count). The molecule has 0 unspecified atom stereocenters. The second-order valence-corrected chi connectivity index (χ2v) is 5.16. The average Bonchev–Trinajstić information content (AvgIpc) is 2.45. The highest BCUT2D eigenvalue weighted by Gasteiger charge is 2.23. The third-order valence-corrected chi connectivity index (χ3v) is 3.02. The average molecular weight is 309 g/mol. The summed E-state index contributed by atoms with van der Waals surface area (Å²) in [5, 5.41) is 16.8. The van der Waals surface area contributed by atoms with Crippen LogP contribution in [0.1, 0.15) is 20.3 Å². The Bertz CT molecular complexity index is 574. The predicted octanol–water partition coefficient (Wildman–Crippen LogP) is 2.15. The molecule has 22 heavy (non-hydrogen) atoms. The summed E-state index contributed by atoms with van der Waals surface area (Å²) in [6.07, 6.45) is 0.875. The van der Waals surface area contributed by atoms with E-state index in [0.717, 1.165) is 6.42 Å². The van der Waals surface area contributed by atoms with Gasteiger partial charge in [0, 0.05) is 13.2 Å². The number of anilines is 2. The molecule has 0 atom stereocenters. The van der Waals surface area contributed by atoms with Crippen LogP contribution in [0.25, 0.3) is 0 Å². The standard InChI is InChI=1S/C14H19N3O5/c1-9(2)21-5-3-4-15-10-6-11-13(7-12(10)17(19)20)22-8-14(18)16-11/h6-7,9,15H,3-5,8H2,1-2H3,(H,16,18). The lowest BCUT2D eigenvalue weighted by atomic mass is 10.2. The van der Waals surface area contributed by atoms with Crippen LogP contribution in [-0.2, 0) is 9.53 Å². The number of nitro groups is 1. The van der Waals surface area contributed by atoms with E-state index < -0.39 is 4.92 Å². The molecule has 1 aromatic rings. The van der Waals surface area contributed by atoms with Gasteiger partial charge in [0.1, 0.15) is 5.69 Å². The summed E-state index contributed by atoms with van der Waals surface area (Å²) in [6.45, 7) is 4.86. The van der Waals surface area contributed by atoms with Gasteiger partial charge in [0.15, 0.2) is 12.4 Å². The monoisotopic (exact) mass is 309 g/mol. The summed E-state index contributed by atoms with van der Waals surface area (Å²) in [6, 6.07) is 2.84. The van der Waals surface area contributed by atoms with Gasteiger partial charge in [-0.3, -0.25) is 14.9 Å². The number of fused-ring (bicyclic) bond motifs is 1. The van der Waals surface area contributed by atoms with Crippen LogP contribution in [0.15, 0.2) is 12.1 Å². The van der Waals surface area contributed by atoms with E-state index in [4.69, 9.17) is 9.47 Å². The number of amides is 1. The molecule has 2 N–H and O–H groups in total. The zero-order valence-electron chi connectivity index (χ0n) is 12.5. The number of carbonyl (C=O) groups is 1. The maximum Gasteiger partial charge on any atom is 0.296 e. The summed E-state index contributed by atoms with van der Waals surface area (Å²) in [7, 11) is 0. The number of hydrogen-bond donors (Lipinski definition) is 2. The van der Waals surface area contributed by atoms with Crippen LogP contribution in [0, 0.1) is 10.1 Å². The number of carbonyl (C=O) groups excluding carboxylic acids is 1. The fraction of sp³-hybridized carbons (Fsp3) is 0.500. The molecule has 1 amide bonds. The Morgan fingerprint density at radius 3 is 2.95 bits per heavy atom. The van der Waals surface area contributed by atoms with Gasteiger partial charge in [-0.05, 0) is 26.3 Å². The molecule has 120 valence electrons. The van der Waals surface area contributed by atoms with Crippen LogP contribution in [0.2, 0.25) is 0 Å². The van der Waals surface area contributed by atoms with Crippen molar-refractivity contribution in [2.45, 2.75) is 26.4 Å². The molecule has 0 saturated carbocycles. The van der Waals surface area contributed by atoms with Gasteiger partial charge >= 0.3 is 0 Å². The summed E-state index contributed by atoms with van der Waals surface area (Å²) >= 11 is 0. The Balaban J connectivity index is 2.06. The largest absolute Gasteiger partial charge is 0.481 e. The Morgan fingerprint density at radius 2 is 2.27 bits per heavy atom. The highest BCUT2D eigenvalue weighted by Crippen LogP contribution is 2.37. The SMILES string of the molecule is CC(C)OCCCNc1cc2c(cc1[N+](=O)[O-])OCC(=O)N2. The molecule has 1 aliphatic rings. The molecule has 0 bridgehead atoms. The van der Waals surface area contributed by atoms with Gasteiger partial charge < -0.3 is 20.1 Å². The minimum atomic E-state index is -0.479. The van der Waals surface area contributed by atoms with Crippen molar-refractivity contribution in [3.63, 3.8) is 0 Å². The number of hydrogen-bond acceptors (Lipinski definition) is 6. The van der Waals surface area contributed by atoms with Gasteiger partial charge in [-0.15, -0.1) is 0 Å². The molecule has 1 aliphatic heterocycles. The molecule has 0 saturated heterocycles. The molecule has 0 fully saturated rings. The summed E-state index contributed by atoms with van der Waals surface area (Å²) in [4.78, 5) is 22.0. The van der Waals surface area contributed by atoms with Crippen LogP contribution in [0.5, 0.6) is 5.75 Å². The minimum Gasteiger partial charge on any atom is -0.481 e. The van der Waals surface area contributed by atoms with E-state index in [1.165, 1.54) is 12.1 Å². The Hall–Kier alpha value is -2.35. The highest BCUT2D eigenvalue weighted by molar-refractivity contribution is 5.96. The number of nitrogens with one attached hydrogen (secondary N) is 2. The van der Waals surface area contributed by atoms with Crippen LogP contribution in [0.4, 0.5) is 17.1 Å². The van der Waals surface area contributed by atoms with Gasteiger partial charge in [-0.2, -0.15) is 0 Å². The first-order valence-electron chi connectivity index (χ1n) is 7.08. The van der Waals surface area contributed by atoms with E-state index in [9.17, 15) is 14.9 Å². The van der Waals surface area contributed by atoms with Crippen molar-refractivity contribution in [2.75, 3.05) is 30.4 Å². The first-order chi connectivity index (χ1) is 10.5. The van der Waals surface area contributed by atoms with E-state index in [2.05, 4.69) is 10.6 Å². The molecule has 8 heteroatoms. The van der Waals surface area contributed by atoms with Crippen molar-refractivity contribution in [3.8, 4) is 5.75 Å². The van der Waals surface area contributed by atoms with Crippen molar-refractivity contribution in [1.82, 2.24) is 0 Å². The van der Waals surface area contributed by atoms with E-state index in [0.29, 0.717) is 30.3 Å². The van der Waals surface area contributed by atoms with Gasteiger partial charge in [0.2, 0.25) is 0 Å². The Labute approximate surface area is 127 Å². The summed E-state index contributed by atoms with van der Waals surface area (Å²) < 4.78 is 10.6. The number of ether oxygens (including phenoxy) is 2. The van der Waals surface area contributed by atoms with Crippen LogP contribution >= 0.6 is 0 Å². The molecular weight excluding hydrogens is 290 g/mol. The lowest BCUT2D eigenvalue weighted by Gasteiger charge is -2.19. The second-order valence-electron chi connectivity index (χ2n) is 5.16. The van der Waals surface area contributed by atoms with Gasteiger partial charge in [0.25, 0.3) is 11.6 Å². The van der Waals surface area contributed by atoms with Gasteiger partial charge in [-0.1, -0.05) is 0 Å². The maximum atomic E-state index is 11.3. The van der Waals surface area contributed by atoms with Crippen LogP contribution in [-0.4, -0.2) is 36.7 Å². The lowest BCUT2D eigenvalue weighted by Crippen LogP contribution is -2.25. The van der Waals surface area contributed by atoms with Crippen molar-refractivity contribution >= 4 is 23.0 Å². The lowest BCUT2D eigenvalue weighted by molar-refractivity contribution is -0.384. The third-order valence-electron chi connectivity index (χ3n) is 3.02. The number of rotatable bonds is 7. The first kappa shape index (κ1) is 16.0. The Morgan fingerprint density at radius 1 is 1.50 bits per heavy atom. The van der Waals surface area contributed by atoms with Crippen molar-refractivity contribution in [2.24, 2.45) is 0 Å². The van der Waals surface area contributed by atoms with Crippen molar-refractivity contribution < 1.29 is 19.2 Å². The van der Waals surface area contributed by atoms with Gasteiger partial charge in [-0.25, -0.2) is 0 Å². The smallest absolute Gasteiger partial charge is 0.296 e. The molecule has 0 spiro atoms. The number of benzene rings is 1. The fourth-order valence-electron chi connectivity index (χ4n) is 2.02. The van der Waals surface area contributed by atoms with Crippen molar-refractivity contribution in [3.05, 3.63) is 22.2 Å². The van der Waals surface area contributed by atoms with Gasteiger partial charge in [0.05, 0.1) is 22.8 Å². The molecule has 0 aliphatic carbocycles. The molecular formula is C14H19N3O5.